The Morgan fingerprint density at radius 2 is 1.88 bits per heavy atom. The monoisotopic (exact) mass is 370 g/mol. The Labute approximate surface area is 140 Å². The van der Waals surface area contributed by atoms with Crippen LogP contribution in [0.1, 0.15) is 12.5 Å². The van der Waals surface area contributed by atoms with E-state index in [1.54, 1.807) is 0 Å². The van der Waals surface area contributed by atoms with Crippen LogP contribution in [0.3, 0.4) is 0 Å². The molecule has 1 rings (SSSR count). The summed E-state index contributed by atoms with van der Waals surface area (Å²) in [4.78, 5) is 23.3. The maximum absolute atomic E-state index is 13.6. The van der Waals surface area contributed by atoms with Gasteiger partial charge < -0.3 is 10.1 Å². The van der Waals surface area contributed by atoms with E-state index in [9.17, 15) is 27.2 Å². The number of ether oxygens (including phenoxy) is 1. The van der Waals surface area contributed by atoms with Gasteiger partial charge in [-0.05, 0) is 13.0 Å². The number of carbonyl (C=O) groups is 2. The summed E-state index contributed by atoms with van der Waals surface area (Å²) in [5, 5.41) is 3.34. The van der Waals surface area contributed by atoms with Crippen molar-refractivity contribution in [2.24, 2.45) is 0 Å². The van der Waals surface area contributed by atoms with Crippen LogP contribution in [0.2, 0.25) is 0 Å². The largest absolute Gasteiger partial charge is 0.463 e. The first-order chi connectivity index (χ1) is 11.2. The molecule has 0 aliphatic rings. The molecular weight excluding hydrogens is 356 g/mol. The minimum absolute atomic E-state index is 0.129. The van der Waals surface area contributed by atoms with Gasteiger partial charge in [0.05, 0.1) is 6.61 Å². The molecule has 1 amide bonds. The second-order valence-corrected chi connectivity index (χ2v) is 4.86. The van der Waals surface area contributed by atoms with Crippen molar-refractivity contribution in [2.45, 2.75) is 25.3 Å². The lowest BCUT2D eigenvalue weighted by atomic mass is 10.1. The Kier molecular flexibility index (Phi) is 6.97. The summed E-state index contributed by atoms with van der Waals surface area (Å²) < 4.78 is 58.6. The minimum Gasteiger partial charge on any atom is -0.463 e. The van der Waals surface area contributed by atoms with Crippen LogP contribution in [0.5, 0.6) is 0 Å². The molecule has 0 saturated heterocycles. The maximum Gasteiger partial charge on any atom is 0.436 e. The topological polar surface area (TPSA) is 67.4 Å². The average Bonchev–Trinajstić information content (AvgIpc) is 2.51. The lowest BCUT2D eigenvalue weighted by Crippen LogP contribution is -2.72. The highest BCUT2D eigenvalue weighted by Crippen LogP contribution is 2.30. The summed E-state index contributed by atoms with van der Waals surface area (Å²) in [7, 11) is 0. The third-order valence-electron chi connectivity index (χ3n) is 2.96. The first-order valence-corrected chi connectivity index (χ1v) is 7.30. The fourth-order valence-electron chi connectivity index (χ4n) is 1.81. The van der Waals surface area contributed by atoms with Gasteiger partial charge >= 0.3 is 12.1 Å². The van der Waals surface area contributed by atoms with Gasteiger partial charge in [-0.15, -0.1) is 11.6 Å². The highest BCUT2D eigenvalue weighted by atomic mass is 35.5. The van der Waals surface area contributed by atoms with Crippen molar-refractivity contribution in [1.82, 2.24) is 10.6 Å². The van der Waals surface area contributed by atoms with E-state index >= 15 is 0 Å². The van der Waals surface area contributed by atoms with E-state index in [0.29, 0.717) is 0 Å². The summed E-state index contributed by atoms with van der Waals surface area (Å²) in [6.07, 6.45) is -5.26. The van der Waals surface area contributed by atoms with Gasteiger partial charge in [0.1, 0.15) is 11.7 Å². The molecule has 5 nitrogen and oxygen atoms in total. The Balaban J connectivity index is 3.21. The summed E-state index contributed by atoms with van der Waals surface area (Å²) in [5.74, 6) is -4.59. The Morgan fingerprint density at radius 1 is 1.25 bits per heavy atom. The number of carbonyl (C=O) groups excluding carboxylic acids is 2. The molecule has 0 bridgehead atoms. The van der Waals surface area contributed by atoms with Gasteiger partial charge in [-0.3, -0.25) is 10.1 Å². The highest BCUT2D eigenvalue weighted by molar-refractivity contribution is 6.27. The quantitative estimate of drug-likeness (QED) is 0.334. The van der Waals surface area contributed by atoms with E-state index in [4.69, 9.17) is 11.6 Å². The first-order valence-electron chi connectivity index (χ1n) is 6.77. The van der Waals surface area contributed by atoms with Gasteiger partial charge in [0, 0.05) is 12.1 Å². The van der Waals surface area contributed by atoms with Gasteiger partial charge in [0.25, 0.3) is 5.66 Å². The fourth-order valence-corrected chi connectivity index (χ4v) is 1.87. The van der Waals surface area contributed by atoms with Gasteiger partial charge in [-0.2, -0.15) is 13.2 Å². The molecule has 0 heterocycles. The molecule has 0 aromatic heterocycles. The molecule has 2 N–H and O–H groups in total. The number of halogens is 5. The van der Waals surface area contributed by atoms with Crippen LogP contribution in [0.25, 0.3) is 0 Å². The summed E-state index contributed by atoms with van der Waals surface area (Å²) in [5.41, 5.74) is -3.67. The highest BCUT2D eigenvalue weighted by Gasteiger charge is 2.63. The smallest absolute Gasteiger partial charge is 0.436 e. The van der Waals surface area contributed by atoms with Crippen molar-refractivity contribution in [3.63, 3.8) is 0 Å². The van der Waals surface area contributed by atoms with E-state index < -0.39 is 42.0 Å². The zero-order valence-corrected chi connectivity index (χ0v) is 13.3. The van der Waals surface area contributed by atoms with Crippen molar-refractivity contribution < 1.29 is 31.9 Å². The first kappa shape index (κ1) is 20.2. The van der Waals surface area contributed by atoms with E-state index in [2.05, 4.69) is 4.74 Å². The lowest BCUT2D eigenvalue weighted by Gasteiger charge is -2.34. The molecule has 1 aromatic carbocycles. The minimum atomic E-state index is -5.26. The standard InChI is InChI=1S/C14H15ClF4N2O3/c1-2-24-12(23)13(14(17,18)19,21-11(22)7-15)20-8-9-5-3-4-6-10(9)16/h3-6,20H,2,7-8H2,1H3,(H,21,22). The molecule has 0 spiro atoms. The molecule has 0 radical (unpaired) electrons. The zero-order chi connectivity index (χ0) is 18.4. The second kappa shape index (κ2) is 8.29. The van der Waals surface area contributed by atoms with Gasteiger partial charge in [-0.25, -0.2) is 9.18 Å². The molecule has 0 fully saturated rings. The van der Waals surface area contributed by atoms with Gasteiger partial charge in [0.2, 0.25) is 5.91 Å². The van der Waals surface area contributed by atoms with Crippen molar-refractivity contribution in [1.29, 1.82) is 0 Å². The number of esters is 1. The molecular formula is C14H15ClF4N2O3. The Morgan fingerprint density at radius 3 is 2.38 bits per heavy atom. The van der Waals surface area contributed by atoms with Crippen molar-refractivity contribution in [3.05, 3.63) is 35.6 Å². The molecule has 0 aliphatic carbocycles. The van der Waals surface area contributed by atoms with Gasteiger partial charge in [0.15, 0.2) is 0 Å². The van der Waals surface area contributed by atoms with Crippen LogP contribution in [-0.2, 0) is 20.9 Å². The second-order valence-electron chi connectivity index (χ2n) is 4.59. The molecule has 1 aromatic rings. The number of nitrogens with one attached hydrogen (secondary N) is 2. The zero-order valence-electron chi connectivity index (χ0n) is 12.5. The lowest BCUT2D eigenvalue weighted by molar-refractivity contribution is -0.221. The normalized spacial score (nSPS) is 13.9. The number of hydrogen-bond donors (Lipinski definition) is 2. The molecule has 0 aliphatic heterocycles. The van der Waals surface area contributed by atoms with Crippen LogP contribution in [0.15, 0.2) is 24.3 Å². The van der Waals surface area contributed by atoms with Crippen LogP contribution >= 0.6 is 11.6 Å². The van der Waals surface area contributed by atoms with E-state index in [0.717, 1.165) is 6.07 Å². The fraction of sp³-hybridized carbons (Fsp3) is 0.429. The van der Waals surface area contributed by atoms with Crippen LogP contribution in [0.4, 0.5) is 17.6 Å². The predicted molar refractivity (Wildman–Crippen MR) is 77.5 cm³/mol. The summed E-state index contributed by atoms with van der Waals surface area (Å²) >= 11 is 5.21. The maximum atomic E-state index is 13.6. The SMILES string of the molecule is CCOC(=O)C(NCc1ccccc1F)(NC(=O)CCl)C(F)(F)F. The molecule has 0 saturated carbocycles. The third-order valence-corrected chi connectivity index (χ3v) is 3.20. The number of hydrogen-bond acceptors (Lipinski definition) is 4. The number of benzene rings is 1. The molecule has 1 atom stereocenters. The van der Waals surface area contributed by atoms with Crippen molar-refractivity contribution >= 4 is 23.5 Å². The molecule has 10 heteroatoms. The van der Waals surface area contributed by atoms with E-state index in [1.807, 2.05) is 5.32 Å². The number of rotatable bonds is 7. The van der Waals surface area contributed by atoms with Crippen molar-refractivity contribution in [3.8, 4) is 0 Å². The molecule has 134 valence electrons. The summed E-state index contributed by atoms with van der Waals surface area (Å²) in [6.45, 7) is 0.265. The number of alkyl halides is 4. The van der Waals surface area contributed by atoms with Crippen LogP contribution in [-0.4, -0.2) is 36.2 Å². The number of amides is 1. The summed E-state index contributed by atoms with van der Waals surface area (Å²) in [6, 6.07) is 5.06. The third kappa shape index (κ3) is 4.57. The molecule has 24 heavy (non-hydrogen) atoms. The predicted octanol–water partition coefficient (Wildman–Crippen LogP) is 2.09. The van der Waals surface area contributed by atoms with E-state index in [1.165, 1.54) is 30.4 Å². The van der Waals surface area contributed by atoms with Crippen LogP contribution in [0, 0.1) is 5.82 Å². The van der Waals surface area contributed by atoms with E-state index in [-0.39, 0.29) is 12.2 Å². The van der Waals surface area contributed by atoms with Crippen molar-refractivity contribution in [2.75, 3.05) is 12.5 Å². The van der Waals surface area contributed by atoms with Crippen LogP contribution < -0.4 is 10.6 Å². The average molecular weight is 371 g/mol. The Bertz CT molecular complexity index is 598. The Hall–Kier alpha value is -1.87. The molecule has 1 unspecified atom stereocenters. The van der Waals surface area contributed by atoms with Gasteiger partial charge in [-0.1, -0.05) is 18.2 Å².